The molecular weight excluding hydrogens is 425 g/mol. The van der Waals surface area contributed by atoms with E-state index in [1.54, 1.807) is 29.3 Å². The Balaban J connectivity index is 1.33. The Morgan fingerprint density at radius 3 is 2.73 bits per heavy atom. The minimum Gasteiger partial charge on any atom is -0.443 e. The maximum absolute atomic E-state index is 13.4. The SMILES string of the molecule is Cc1cc(C(=O)N2CCCC2c2ncc(Cc3ccc(F)cc3)o2)nc(N2CCOCC2)n1. The molecule has 2 aliphatic heterocycles. The van der Waals surface area contributed by atoms with Gasteiger partial charge in [0, 0.05) is 31.7 Å². The van der Waals surface area contributed by atoms with E-state index in [9.17, 15) is 9.18 Å². The number of likely N-dealkylation sites (tertiary alicyclic amines) is 1. The number of carbonyl (C=O) groups is 1. The van der Waals surface area contributed by atoms with Crippen molar-refractivity contribution in [2.24, 2.45) is 0 Å². The number of rotatable bonds is 5. The van der Waals surface area contributed by atoms with Gasteiger partial charge in [0.1, 0.15) is 23.3 Å². The van der Waals surface area contributed by atoms with Gasteiger partial charge in [0.2, 0.25) is 11.8 Å². The summed E-state index contributed by atoms with van der Waals surface area (Å²) in [6.45, 7) is 5.15. The van der Waals surface area contributed by atoms with Crippen LogP contribution in [0.4, 0.5) is 10.3 Å². The number of hydrogen-bond donors (Lipinski definition) is 0. The van der Waals surface area contributed by atoms with Gasteiger partial charge in [-0.1, -0.05) is 12.1 Å². The fraction of sp³-hybridized carbons (Fsp3) is 0.417. The van der Waals surface area contributed by atoms with E-state index in [2.05, 4.69) is 15.0 Å². The van der Waals surface area contributed by atoms with Crippen LogP contribution in [-0.4, -0.2) is 58.6 Å². The van der Waals surface area contributed by atoms with E-state index < -0.39 is 0 Å². The summed E-state index contributed by atoms with van der Waals surface area (Å²) in [6.07, 6.45) is 3.85. The highest BCUT2D eigenvalue weighted by Crippen LogP contribution is 2.33. The highest BCUT2D eigenvalue weighted by molar-refractivity contribution is 5.93. The molecule has 9 heteroatoms. The highest BCUT2D eigenvalue weighted by atomic mass is 19.1. The van der Waals surface area contributed by atoms with Gasteiger partial charge in [-0.2, -0.15) is 0 Å². The molecule has 2 aromatic heterocycles. The van der Waals surface area contributed by atoms with Crippen molar-refractivity contribution >= 4 is 11.9 Å². The lowest BCUT2D eigenvalue weighted by atomic mass is 10.1. The summed E-state index contributed by atoms with van der Waals surface area (Å²) >= 11 is 0. The number of carbonyl (C=O) groups excluding carboxylic acids is 1. The smallest absolute Gasteiger partial charge is 0.273 e. The molecule has 5 rings (SSSR count). The first-order valence-corrected chi connectivity index (χ1v) is 11.3. The van der Waals surface area contributed by atoms with Crippen molar-refractivity contribution in [2.45, 2.75) is 32.2 Å². The highest BCUT2D eigenvalue weighted by Gasteiger charge is 2.35. The van der Waals surface area contributed by atoms with Gasteiger partial charge in [0.05, 0.1) is 19.4 Å². The molecule has 0 saturated carbocycles. The molecule has 33 heavy (non-hydrogen) atoms. The van der Waals surface area contributed by atoms with Crippen molar-refractivity contribution in [1.82, 2.24) is 19.9 Å². The molecule has 1 unspecified atom stereocenters. The molecule has 172 valence electrons. The van der Waals surface area contributed by atoms with Crippen molar-refractivity contribution in [2.75, 3.05) is 37.7 Å². The Labute approximate surface area is 191 Å². The van der Waals surface area contributed by atoms with Crippen LogP contribution >= 0.6 is 0 Å². The Morgan fingerprint density at radius 1 is 1.15 bits per heavy atom. The summed E-state index contributed by atoms with van der Waals surface area (Å²) in [4.78, 5) is 30.8. The van der Waals surface area contributed by atoms with Crippen molar-refractivity contribution < 1.29 is 18.3 Å². The molecule has 2 saturated heterocycles. The number of ether oxygens (including phenoxy) is 1. The van der Waals surface area contributed by atoms with Gasteiger partial charge >= 0.3 is 0 Å². The Morgan fingerprint density at radius 2 is 1.94 bits per heavy atom. The zero-order valence-corrected chi connectivity index (χ0v) is 18.5. The number of oxazole rings is 1. The maximum Gasteiger partial charge on any atom is 0.273 e. The zero-order valence-electron chi connectivity index (χ0n) is 18.5. The molecule has 1 amide bonds. The third kappa shape index (κ3) is 4.73. The number of benzene rings is 1. The third-order valence-electron chi connectivity index (χ3n) is 6.02. The number of nitrogens with zero attached hydrogens (tertiary/aromatic N) is 5. The second kappa shape index (κ2) is 9.27. The average Bonchev–Trinajstić information content (AvgIpc) is 3.50. The molecule has 3 aromatic rings. The lowest BCUT2D eigenvalue weighted by Crippen LogP contribution is -2.38. The van der Waals surface area contributed by atoms with Gasteiger partial charge in [0.15, 0.2) is 0 Å². The van der Waals surface area contributed by atoms with E-state index in [-0.39, 0.29) is 17.8 Å². The minimum atomic E-state index is -0.270. The molecule has 0 N–H and O–H groups in total. The van der Waals surface area contributed by atoms with Crippen molar-refractivity contribution in [3.63, 3.8) is 0 Å². The van der Waals surface area contributed by atoms with E-state index in [4.69, 9.17) is 9.15 Å². The van der Waals surface area contributed by atoms with E-state index in [1.807, 2.05) is 11.8 Å². The number of aromatic nitrogens is 3. The van der Waals surface area contributed by atoms with Crippen molar-refractivity contribution in [3.8, 4) is 0 Å². The summed E-state index contributed by atoms with van der Waals surface area (Å²) in [6, 6.07) is 7.81. The fourth-order valence-electron chi connectivity index (χ4n) is 4.34. The van der Waals surface area contributed by atoms with Crippen LogP contribution in [0.1, 0.15) is 52.3 Å². The van der Waals surface area contributed by atoms with Crippen LogP contribution in [0.3, 0.4) is 0 Å². The third-order valence-corrected chi connectivity index (χ3v) is 6.02. The number of morpholine rings is 1. The van der Waals surface area contributed by atoms with E-state index >= 15 is 0 Å². The van der Waals surface area contributed by atoms with Gasteiger partial charge in [-0.25, -0.2) is 19.3 Å². The van der Waals surface area contributed by atoms with Crippen LogP contribution in [-0.2, 0) is 11.2 Å². The molecule has 0 radical (unpaired) electrons. The van der Waals surface area contributed by atoms with E-state index in [1.165, 1.54) is 12.1 Å². The predicted octanol–water partition coefficient (Wildman–Crippen LogP) is 3.32. The number of anilines is 1. The van der Waals surface area contributed by atoms with E-state index in [0.29, 0.717) is 62.6 Å². The molecule has 0 bridgehead atoms. The molecule has 1 atom stereocenters. The molecule has 4 heterocycles. The number of halogens is 1. The largest absolute Gasteiger partial charge is 0.443 e. The van der Waals surface area contributed by atoms with Crippen LogP contribution < -0.4 is 4.90 Å². The van der Waals surface area contributed by atoms with Crippen LogP contribution in [0.25, 0.3) is 0 Å². The molecule has 2 aliphatic rings. The Bertz CT molecular complexity index is 1130. The number of amides is 1. The molecule has 8 nitrogen and oxygen atoms in total. The summed E-state index contributed by atoms with van der Waals surface area (Å²) in [7, 11) is 0. The number of hydrogen-bond acceptors (Lipinski definition) is 7. The molecule has 1 aromatic carbocycles. The molecule has 2 fully saturated rings. The van der Waals surface area contributed by atoms with Crippen LogP contribution in [0.2, 0.25) is 0 Å². The number of aryl methyl sites for hydroxylation is 1. The standard InChI is InChI=1S/C24H26FN5O3/c1-16-13-20(28-24(27-16)29-9-11-32-12-10-29)23(31)30-8-2-3-21(30)22-26-15-19(33-22)14-17-4-6-18(25)7-5-17/h4-7,13,15,21H,2-3,8-12,14H2,1H3. The topological polar surface area (TPSA) is 84.6 Å². The fourth-order valence-corrected chi connectivity index (χ4v) is 4.34. The average molecular weight is 452 g/mol. The second-order valence-electron chi connectivity index (χ2n) is 8.42. The maximum atomic E-state index is 13.4. The zero-order chi connectivity index (χ0) is 22.8. The van der Waals surface area contributed by atoms with Gasteiger partial charge in [0.25, 0.3) is 5.91 Å². The van der Waals surface area contributed by atoms with Gasteiger partial charge in [-0.15, -0.1) is 0 Å². The normalized spacial score (nSPS) is 18.7. The molecule has 0 spiro atoms. The van der Waals surface area contributed by atoms with E-state index in [0.717, 1.165) is 24.1 Å². The lowest BCUT2D eigenvalue weighted by molar-refractivity contribution is 0.0708. The lowest BCUT2D eigenvalue weighted by Gasteiger charge is -2.27. The van der Waals surface area contributed by atoms with Crippen molar-refractivity contribution in [1.29, 1.82) is 0 Å². The quantitative estimate of drug-likeness (QED) is 0.588. The van der Waals surface area contributed by atoms with Crippen LogP contribution in [0.5, 0.6) is 0 Å². The Hall–Kier alpha value is -3.33. The second-order valence-corrected chi connectivity index (χ2v) is 8.42. The first kappa shape index (κ1) is 21.5. The first-order chi connectivity index (χ1) is 16.1. The molecular formula is C24H26FN5O3. The van der Waals surface area contributed by atoms with Gasteiger partial charge in [-0.3, -0.25) is 4.79 Å². The predicted molar refractivity (Wildman–Crippen MR) is 119 cm³/mol. The van der Waals surface area contributed by atoms with Crippen molar-refractivity contribution in [3.05, 3.63) is 70.9 Å². The summed E-state index contributed by atoms with van der Waals surface area (Å²) in [5, 5.41) is 0. The summed E-state index contributed by atoms with van der Waals surface area (Å²) in [5.41, 5.74) is 2.07. The molecule has 0 aliphatic carbocycles. The first-order valence-electron chi connectivity index (χ1n) is 11.3. The van der Waals surface area contributed by atoms with Crippen LogP contribution in [0, 0.1) is 12.7 Å². The summed E-state index contributed by atoms with van der Waals surface area (Å²) < 4.78 is 24.6. The van der Waals surface area contributed by atoms with Gasteiger partial charge < -0.3 is 19.0 Å². The van der Waals surface area contributed by atoms with Gasteiger partial charge in [-0.05, 0) is 43.5 Å². The monoisotopic (exact) mass is 451 g/mol. The van der Waals surface area contributed by atoms with Crippen LogP contribution in [0.15, 0.2) is 40.9 Å². The Kier molecular flexibility index (Phi) is 6.04. The summed E-state index contributed by atoms with van der Waals surface area (Å²) in [5.74, 6) is 1.36. The minimum absolute atomic E-state index is 0.143.